The summed E-state index contributed by atoms with van der Waals surface area (Å²) in [6, 6.07) is 32.7. The molecule has 0 unspecified atom stereocenters. The van der Waals surface area contributed by atoms with Crippen LogP contribution in [-0.2, 0) is 21.5 Å². The van der Waals surface area contributed by atoms with Crippen LogP contribution < -0.4 is 5.32 Å². The quantitative estimate of drug-likeness (QED) is 0.171. The first-order valence-electron chi connectivity index (χ1n) is 14.6. The van der Waals surface area contributed by atoms with E-state index < -0.39 is 23.6 Å². The number of hydrogen-bond donors (Lipinski definition) is 2. The summed E-state index contributed by atoms with van der Waals surface area (Å²) < 4.78 is 11.1. The first-order chi connectivity index (χ1) is 21.7. The minimum Gasteiger partial charge on any atom is -0.481 e. The highest BCUT2D eigenvalue weighted by atomic mass is 35.5. The van der Waals surface area contributed by atoms with Gasteiger partial charge >= 0.3 is 12.1 Å². The predicted octanol–water partition coefficient (Wildman–Crippen LogP) is 8.12. The van der Waals surface area contributed by atoms with Crippen LogP contribution in [0.1, 0.15) is 35.4 Å². The van der Waals surface area contributed by atoms with Crippen molar-refractivity contribution in [1.82, 2.24) is 10.1 Å². The van der Waals surface area contributed by atoms with E-state index in [0.29, 0.717) is 40.8 Å². The summed E-state index contributed by atoms with van der Waals surface area (Å²) in [6.07, 6.45) is -1.21. The Labute approximate surface area is 266 Å². The van der Waals surface area contributed by atoms with Gasteiger partial charge in [-0.25, -0.2) is 4.79 Å². The molecular formula is C36H32ClN3O5. The third kappa shape index (κ3) is 6.20. The van der Waals surface area contributed by atoms with E-state index >= 15 is 0 Å². The monoisotopic (exact) mass is 621 g/mol. The second-order valence-electron chi connectivity index (χ2n) is 11.3. The molecule has 0 bridgehead atoms. The van der Waals surface area contributed by atoms with Crippen molar-refractivity contribution in [2.75, 3.05) is 18.4 Å². The maximum absolute atomic E-state index is 12.8. The number of likely N-dealkylation sites (tertiary alicyclic amines) is 1. The molecule has 1 saturated heterocycles. The molecule has 1 aliphatic heterocycles. The number of aromatic nitrogens is 1. The highest BCUT2D eigenvalue weighted by Gasteiger charge is 2.50. The smallest absolute Gasteiger partial charge is 0.412 e. The van der Waals surface area contributed by atoms with Crippen molar-refractivity contribution in [3.05, 3.63) is 131 Å². The average Bonchev–Trinajstić information content (AvgIpc) is 3.38. The van der Waals surface area contributed by atoms with Gasteiger partial charge in [-0.15, -0.1) is 0 Å². The molecule has 45 heavy (non-hydrogen) atoms. The maximum Gasteiger partial charge on any atom is 0.412 e. The normalized spacial score (nSPS) is 14.7. The van der Waals surface area contributed by atoms with Crippen LogP contribution in [0.5, 0.6) is 0 Å². The molecule has 0 spiro atoms. The number of hydrogen-bond acceptors (Lipinski definition) is 6. The van der Waals surface area contributed by atoms with Gasteiger partial charge < -0.3 is 14.4 Å². The number of aryl methyl sites for hydroxylation is 1. The van der Waals surface area contributed by atoms with Gasteiger partial charge in [0.15, 0.2) is 5.76 Å². The SMILES string of the molecule is Cc1noc(-c2ccc(-c3ccc(C4(C(=O)O)CN(Cc5ccccc5)C4)cc3)cc2)c1NC(=O)O[C@H](C)c1ccccc1Cl. The summed E-state index contributed by atoms with van der Waals surface area (Å²) in [6.45, 7) is 5.14. The van der Waals surface area contributed by atoms with Crippen molar-refractivity contribution in [3.63, 3.8) is 0 Å². The second-order valence-corrected chi connectivity index (χ2v) is 11.7. The van der Waals surface area contributed by atoms with E-state index in [0.717, 1.165) is 28.8 Å². The summed E-state index contributed by atoms with van der Waals surface area (Å²) in [4.78, 5) is 27.3. The van der Waals surface area contributed by atoms with Crippen molar-refractivity contribution in [1.29, 1.82) is 0 Å². The highest BCUT2D eigenvalue weighted by Crippen LogP contribution is 2.38. The number of nitrogens with one attached hydrogen (secondary N) is 1. The molecule has 5 aromatic rings. The Morgan fingerprint density at radius 1 is 0.933 bits per heavy atom. The number of ether oxygens (including phenoxy) is 1. The number of nitrogens with zero attached hydrogens (tertiary/aromatic N) is 2. The predicted molar refractivity (Wildman–Crippen MR) is 173 cm³/mol. The number of halogens is 1. The van der Waals surface area contributed by atoms with Crippen molar-refractivity contribution >= 4 is 29.4 Å². The largest absolute Gasteiger partial charge is 0.481 e. The molecule has 1 fully saturated rings. The fraction of sp³-hybridized carbons (Fsp3) is 0.194. The summed E-state index contributed by atoms with van der Waals surface area (Å²) in [5, 5.41) is 17.5. The van der Waals surface area contributed by atoms with Crippen molar-refractivity contribution in [2.45, 2.75) is 31.9 Å². The number of aliphatic carboxylic acids is 1. The maximum atomic E-state index is 12.8. The molecule has 0 saturated carbocycles. The number of carbonyl (C=O) groups is 2. The van der Waals surface area contributed by atoms with E-state index in [9.17, 15) is 14.7 Å². The molecule has 1 aromatic heterocycles. The van der Waals surface area contributed by atoms with Gasteiger partial charge in [0.1, 0.15) is 22.9 Å². The lowest BCUT2D eigenvalue weighted by Crippen LogP contribution is -2.62. The number of carbonyl (C=O) groups excluding carboxylic acids is 1. The van der Waals surface area contributed by atoms with Gasteiger partial charge in [-0.3, -0.25) is 15.0 Å². The number of anilines is 1. The van der Waals surface area contributed by atoms with Gasteiger partial charge in [0.05, 0.1) is 0 Å². The minimum absolute atomic E-state index is 0.408. The second kappa shape index (κ2) is 12.6. The molecule has 1 atom stereocenters. The third-order valence-electron chi connectivity index (χ3n) is 8.28. The Kier molecular flexibility index (Phi) is 8.43. The molecule has 8 nitrogen and oxygen atoms in total. The Morgan fingerprint density at radius 3 is 2.18 bits per heavy atom. The van der Waals surface area contributed by atoms with Gasteiger partial charge in [-0.05, 0) is 42.2 Å². The van der Waals surface area contributed by atoms with Gasteiger partial charge in [0, 0.05) is 35.8 Å². The van der Waals surface area contributed by atoms with Crippen LogP contribution in [0.3, 0.4) is 0 Å². The molecule has 4 aromatic carbocycles. The van der Waals surface area contributed by atoms with Crippen LogP contribution >= 0.6 is 11.6 Å². The van der Waals surface area contributed by atoms with E-state index in [1.165, 1.54) is 5.56 Å². The van der Waals surface area contributed by atoms with Crippen molar-refractivity contribution in [2.24, 2.45) is 0 Å². The van der Waals surface area contributed by atoms with E-state index in [1.807, 2.05) is 84.9 Å². The van der Waals surface area contributed by atoms with E-state index in [1.54, 1.807) is 19.9 Å². The van der Waals surface area contributed by atoms with Crippen LogP contribution in [0.4, 0.5) is 10.5 Å². The fourth-order valence-corrected chi connectivity index (χ4v) is 6.07. The molecular weight excluding hydrogens is 590 g/mol. The van der Waals surface area contributed by atoms with Crippen LogP contribution in [0.15, 0.2) is 108 Å². The lowest BCUT2D eigenvalue weighted by molar-refractivity contribution is -0.151. The van der Waals surface area contributed by atoms with Crippen molar-refractivity contribution < 1.29 is 24.0 Å². The number of carboxylic acid groups (broad SMARTS) is 1. The lowest BCUT2D eigenvalue weighted by atomic mass is 9.73. The topological polar surface area (TPSA) is 105 Å². The lowest BCUT2D eigenvalue weighted by Gasteiger charge is -2.47. The number of carboxylic acids is 1. The van der Waals surface area contributed by atoms with Crippen LogP contribution in [0.25, 0.3) is 22.5 Å². The molecule has 0 radical (unpaired) electrons. The molecule has 1 aliphatic rings. The summed E-state index contributed by atoms with van der Waals surface area (Å²) >= 11 is 6.25. The standard InChI is InChI=1S/C36H32ClN3O5/c1-23-32(38-35(43)44-24(2)30-10-6-7-11-31(30)37)33(45-39-23)28-14-12-26(13-15-28)27-16-18-29(19-17-27)36(34(41)42)21-40(22-36)20-25-8-4-3-5-9-25/h3-19,24H,20-22H2,1-2H3,(H,38,43)(H,41,42)/t24-/m1/s1. The molecule has 2 heterocycles. The highest BCUT2D eigenvalue weighted by molar-refractivity contribution is 6.31. The fourth-order valence-electron chi connectivity index (χ4n) is 5.78. The van der Waals surface area contributed by atoms with E-state index in [4.69, 9.17) is 20.9 Å². The zero-order chi connectivity index (χ0) is 31.6. The Balaban J connectivity index is 1.13. The number of amides is 1. The Bertz CT molecular complexity index is 1810. The average molecular weight is 622 g/mol. The molecule has 6 rings (SSSR count). The molecule has 0 aliphatic carbocycles. The molecule has 1 amide bonds. The van der Waals surface area contributed by atoms with Gasteiger partial charge in [-0.1, -0.05) is 114 Å². The Morgan fingerprint density at radius 2 is 1.53 bits per heavy atom. The Hall–Kier alpha value is -4.92. The summed E-state index contributed by atoms with van der Waals surface area (Å²) in [7, 11) is 0. The van der Waals surface area contributed by atoms with Crippen LogP contribution in [0, 0.1) is 6.92 Å². The zero-order valence-electron chi connectivity index (χ0n) is 24.9. The molecule has 2 N–H and O–H groups in total. The third-order valence-corrected chi connectivity index (χ3v) is 8.62. The van der Waals surface area contributed by atoms with Crippen molar-refractivity contribution in [3.8, 4) is 22.5 Å². The first kappa shape index (κ1) is 30.1. The molecule has 9 heteroatoms. The summed E-state index contributed by atoms with van der Waals surface area (Å²) in [5.41, 5.74) is 5.31. The summed E-state index contributed by atoms with van der Waals surface area (Å²) in [5.74, 6) is -0.400. The zero-order valence-corrected chi connectivity index (χ0v) is 25.6. The van der Waals surface area contributed by atoms with Gasteiger partial charge in [0.25, 0.3) is 0 Å². The number of benzene rings is 4. The van der Waals surface area contributed by atoms with Gasteiger partial charge in [-0.2, -0.15) is 0 Å². The van der Waals surface area contributed by atoms with Crippen LogP contribution in [-0.4, -0.2) is 40.3 Å². The van der Waals surface area contributed by atoms with Crippen LogP contribution in [0.2, 0.25) is 5.02 Å². The number of rotatable bonds is 9. The first-order valence-corrected chi connectivity index (χ1v) is 15.0. The van der Waals surface area contributed by atoms with Gasteiger partial charge in [0.2, 0.25) is 0 Å². The molecule has 228 valence electrons. The van der Waals surface area contributed by atoms with E-state index in [-0.39, 0.29) is 0 Å². The minimum atomic E-state index is -0.920. The van der Waals surface area contributed by atoms with E-state index in [2.05, 4.69) is 27.5 Å².